The van der Waals surface area contributed by atoms with Gasteiger partial charge in [0.15, 0.2) is 0 Å². The minimum atomic E-state index is 0.0684. The summed E-state index contributed by atoms with van der Waals surface area (Å²) < 4.78 is 0. The lowest BCUT2D eigenvalue weighted by molar-refractivity contribution is -0.124. The third-order valence-electron chi connectivity index (χ3n) is 1.96. The second-order valence-corrected chi connectivity index (χ2v) is 3.55. The second kappa shape index (κ2) is 3.61. The molecule has 0 spiro atoms. The molecule has 1 saturated heterocycles. The molecule has 0 aromatic carbocycles. The van der Waals surface area contributed by atoms with Gasteiger partial charge in [0.2, 0.25) is 5.91 Å². The maximum absolute atomic E-state index is 11.2. The van der Waals surface area contributed by atoms with Crippen molar-refractivity contribution in [2.24, 2.45) is 5.92 Å². The lowest BCUT2D eigenvalue weighted by atomic mass is 10.1. The van der Waals surface area contributed by atoms with E-state index >= 15 is 0 Å². The van der Waals surface area contributed by atoms with Gasteiger partial charge in [-0.15, -0.1) is 0 Å². The van der Waals surface area contributed by atoms with E-state index in [1.807, 2.05) is 13.8 Å². The smallest absolute Gasteiger partial charge is 0.222 e. The fourth-order valence-electron chi connectivity index (χ4n) is 1.18. The van der Waals surface area contributed by atoms with Gasteiger partial charge in [-0.2, -0.15) is 0 Å². The highest BCUT2D eigenvalue weighted by Gasteiger charge is 2.19. The van der Waals surface area contributed by atoms with Crippen molar-refractivity contribution >= 4 is 5.91 Å². The molecular weight excluding hydrogens is 152 g/mol. The largest absolute Gasteiger partial charge is 0.387 e. The Balaban J connectivity index is 2.32. The van der Waals surface area contributed by atoms with E-state index in [4.69, 9.17) is 0 Å². The Morgan fingerprint density at radius 3 is 2.83 bits per heavy atom. The Labute approximate surface area is 73.2 Å². The Kier molecular flexibility index (Phi) is 2.74. The van der Waals surface area contributed by atoms with Crippen LogP contribution in [0, 0.1) is 5.92 Å². The highest BCUT2D eigenvalue weighted by Crippen LogP contribution is 2.08. The van der Waals surface area contributed by atoms with E-state index < -0.39 is 0 Å². The molecule has 1 rings (SSSR count). The Morgan fingerprint density at radius 1 is 1.75 bits per heavy atom. The van der Waals surface area contributed by atoms with E-state index in [1.54, 1.807) is 0 Å². The number of hydrogen-bond donors (Lipinski definition) is 2. The summed E-state index contributed by atoms with van der Waals surface area (Å²) in [5.74, 6) is 0.190. The average Bonchev–Trinajstić information content (AvgIpc) is 2.35. The maximum Gasteiger partial charge on any atom is 0.222 e. The first-order valence-electron chi connectivity index (χ1n) is 4.31. The zero-order chi connectivity index (χ0) is 9.14. The summed E-state index contributed by atoms with van der Waals surface area (Å²) in [7, 11) is 0. The van der Waals surface area contributed by atoms with Crippen molar-refractivity contribution in [2.45, 2.75) is 26.3 Å². The molecule has 1 aliphatic heterocycles. The summed E-state index contributed by atoms with van der Waals surface area (Å²) in [6.07, 6.45) is 0.860. The molecule has 2 N–H and O–H groups in total. The normalized spacial score (nSPS) is 22.6. The van der Waals surface area contributed by atoms with Crippen LogP contribution >= 0.6 is 0 Å². The molecule has 0 aromatic heterocycles. The monoisotopic (exact) mass is 168 g/mol. The quantitative estimate of drug-likeness (QED) is 0.635. The first-order valence-corrected chi connectivity index (χ1v) is 4.31. The molecule has 0 bridgehead atoms. The number of amides is 1. The van der Waals surface area contributed by atoms with Gasteiger partial charge in [-0.05, 0) is 0 Å². The maximum atomic E-state index is 11.2. The van der Waals surface area contributed by atoms with E-state index in [2.05, 4.69) is 17.2 Å². The topological polar surface area (TPSA) is 41.1 Å². The lowest BCUT2D eigenvalue weighted by Gasteiger charge is -2.12. The predicted molar refractivity (Wildman–Crippen MR) is 48.5 cm³/mol. The zero-order valence-electron chi connectivity index (χ0n) is 7.68. The van der Waals surface area contributed by atoms with Gasteiger partial charge in [0, 0.05) is 24.6 Å². The number of hydrogen-bond acceptors (Lipinski definition) is 2. The van der Waals surface area contributed by atoms with Gasteiger partial charge in [-0.1, -0.05) is 20.4 Å². The molecule has 1 atom stereocenters. The second-order valence-electron chi connectivity index (χ2n) is 3.55. The SMILES string of the molecule is C=C1CC(NC(=O)C(C)C)CN1. The highest BCUT2D eigenvalue weighted by molar-refractivity contribution is 5.78. The number of rotatable bonds is 2. The first-order chi connectivity index (χ1) is 5.59. The van der Waals surface area contributed by atoms with Crippen LogP contribution in [0.5, 0.6) is 0 Å². The molecule has 1 unspecified atom stereocenters. The van der Waals surface area contributed by atoms with Crippen LogP contribution in [0.4, 0.5) is 0 Å². The van der Waals surface area contributed by atoms with Gasteiger partial charge in [0.05, 0.1) is 6.04 Å². The van der Waals surface area contributed by atoms with Gasteiger partial charge >= 0.3 is 0 Å². The van der Waals surface area contributed by atoms with Gasteiger partial charge in [-0.25, -0.2) is 0 Å². The molecule has 0 aromatic rings. The Bertz CT molecular complexity index is 199. The molecule has 1 amide bonds. The van der Waals surface area contributed by atoms with Crippen molar-refractivity contribution in [3.8, 4) is 0 Å². The summed E-state index contributed by atoms with van der Waals surface area (Å²) in [5, 5.41) is 6.05. The van der Waals surface area contributed by atoms with Crippen LogP contribution in [0.15, 0.2) is 12.3 Å². The van der Waals surface area contributed by atoms with Crippen LogP contribution in [-0.4, -0.2) is 18.5 Å². The molecule has 0 radical (unpaired) electrons. The zero-order valence-corrected chi connectivity index (χ0v) is 7.68. The van der Waals surface area contributed by atoms with Crippen molar-refractivity contribution in [1.29, 1.82) is 0 Å². The summed E-state index contributed by atoms with van der Waals surface area (Å²) in [6, 6.07) is 0.243. The molecule has 0 aliphatic carbocycles. The lowest BCUT2D eigenvalue weighted by Crippen LogP contribution is -2.38. The fraction of sp³-hybridized carbons (Fsp3) is 0.667. The molecule has 68 valence electrons. The Morgan fingerprint density at radius 2 is 2.42 bits per heavy atom. The van der Waals surface area contributed by atoms with Gasteiger partial charge in [0.1, 0.15) is 0 Å². The van der Waals surface area contributed by atoms with Crippen molar-refractivity contribution < 1.29 is 4.79 Å². The van der Waals surface area contributed by atoms with Crippen molar-refractivity contribution in [3.05, 3.63) is 12.3 Å². The van der Waals surface area contributed by atoms with Gasteiger partial charge in [0.25, 0.3) is 0 Å². The number of nitrogens with one attached hydrogen (secondary N) is 2. The Hall–Kier alpha value is -0.990. The predicted octanol–water partition coefficient (Wildman–Crippen LogP) is 0.634. The molecule has 1 heterocycles. The standard InChI is InChI=1S/C9H16N2O/c1-6(2)9(12)11-8-4-7(3)10-5-8/h6,8,10H,3-5H2,1-2H3,(H,11,12). The third kappa shape index (κ3) is 2.26. The molecule has 3 heteroatoms. The fourth-order valence-corrected chi connectivity index (χ4v) is 1.18. The molecular formula is C9H16N2O. The van der Waals surface area contributed by atoms with Crippen molar-refractivity contribution in [1.82, 2.24) is 10.6 Å². The number of carbonyl (C=O) groups excluding carboxylic acids is 1. The molecule has 12 heavy (non-hydrogen) atoms. The van der Waals surface area contributed by atoms with Gasteiger partial charge < -0.3 is 10.6 Å². The van der Waals surface area contributed by atoms with E-state index in [0.29, 0.717) is 0 Å². The molecule has 1 aliphatic rings. The van der Waals surface area contributed by atoms with Crippen LogP contribution < -0.4 is 10.6 Å². The first kappa shape index (κ1) is 9.10. The van der Waals surface area contributed by atoms with E-state index in [-0.39, 0.29) is 17.9 Å². The summed E-state index contributed by atoms with van der Waals surface area (Å²) in [5.41, 5.74) is 1.02. The van der Waals surface area contributed by atoms with Crippen LogP contribution in [-0.2, 0) is 4.79 Å². The summed E-state index contributed by atoms with van der Waals surface area (Å²) in [6.45, 7) is 8.40. The van der Waals surface area contributed by atoms with Crippen LogP contribution in [0.25, 0.3) is 0 Å². The van der Waals surface area contributed by atoms with Crippen molar-refractivity contribution in [2.75, 3.05) is 6.54 Å². The summed E-state index contributed by atoms with van der Waals surface area (Å²) in [4.78, 5) is 11.2. The van der Waals surface area contributed by atoms with Crippen LogP contribution in [0.2, 0.25) is 0 Å². The van der Waals surface area contributed by atoms with Crippen LogP contribution in [0.3, 0.4) is 0 Å². The van der Waals surface area contributed by atoms with Gasteiger partial charge in [-0.3, -0.25) is 4.79 Å². The third-order valence-corrected chi connectivity index (χ3v) is 1.96. The minimum absolute atomic E-state index is 0.0684. The van der Waals surface area contributed by atoms with E-state index in [1.165, 1.54) is 0 Å². The minimum Gasteiger partial charge on any atom is -0.387 e. The van der Waals surface area contributed by atoms with Crippen LogP contribution in [0.1, 0.15) is 20.3 Å². The highest BCUT2D eigenvalue weighted by atomic mass is 16.1. The summed E-state index contributed by atoms with van der Waals surface area (Å²) >= 11 is 0. The van der Waals surface area contributed by atoms with E-state index in [9.17, 15) is 4.79 Å². The molecule has 3 nitrogen and oxygen atoms in total. The average molecular weight is 168 g/mol. The molecule has 0 saturated carbocycles. The molecule has 1 fully saturated rings. The van der Waals surface area contributed by atoms with Crippen molar-refractivity contribution in [3.63, 3.8) is 0 Å². The number of carbonyl (C=O) groups is 1. The van der Waals surface area contributed by atoms with E-state index in [0.717, 1.165) is 18.7 Å².